The van der Waals surface area contributed by atoms with Crippen LogP contribution in [0.5, 0.6) is 11.6 Å². The van der Waals surface area contributed by atoms with Gasteiger partial charge in [0.1, 0.15) is 11.4 Å². The van der Waals surface area contributed by atoms with Gasteiger partial charge in [0.25, 0.3) is 11.8 Å². The van der Waals surface area contributed by atoms with Gasteiger partial charge in [0, 0.05) is 33.7 Å². The summed E-state index contributed by atoms with van der Waals surface area (Å²) in [6.07, 6.45) is 3.30. The van der Waals surface area contributed by atoms with Crippen molar-refractivity contribution >= 4 is 68.0 Å². The van der Waals surface area contributed by atoms with E-state index < -0.39 is 5.91 Å². The SMILES string of the molecule is CCCCNC(=O)c1cc(Cl)cc(Br)c1NC(=O)c1cc(Oc2ccsc2)nn1-c1ncccc1Cl. The van der Waals surface area contributed by atoms with E-state index in [0.29, 0.717) is 26.8 Å². The second kappa shape index (κ2) is 11.9. The van der Waals surface area contributed by atoms with E-state index >= 15 is 0 Å². The maximum absolute atomic E-state index is 13.5. The number of benzene rings is 1. The van der Waals surface area contributed by atoms with Crippen molar-refractivity contribution in [2.75, 3.05) is 11.9 Å². The zero-order valence-electron chi connectivity index (χ0n) is 18.9. The largest absolute Gasteiger partial charge is 0.437 e. The van der Waals surface area contributed by atoms with Crippen LogP contribution in [0.25, 0.3) is 5.82 Å². The van der Waals surface area contributed by atoms with Gasteiger partial charge >= 0.3 is 0 Å². The number of pyridine rings is 1. The monoisotopic (exact) mass is 607 g/mol. The molecule has 0 unspecified atom stereocenters. The maximum atomic E-state index is 13.5. The number of anilines is 1. The standard InChI is InChI=1S/C24H20BrCl2N5O3S/c1-2-3-7-29-23(33)16-10-14(26)11-17(25)21(16)30-24(34)19-12-20(35-15-6-9-36-13-15)31-32(19)22-18(27)5-4-8-28-22/h4-6,8-13H,2-3,7H2,1H3,(H,29,33)(H,30,34). The van der Waals surface area contributed by atoms with E-state index in [0.717, 1.165) is 12.8 Å². The lowest BCUT2D eigenvalue weighted by Crippen LogP contribution is -2.27. The van der Waals surface area contributed by atoms with Gasteiger partial charge < -0.3 is 15.4 Å². The minimum Gasteiger partial charge on any atom is -0.437 e. The Balaban J connectivity index is 1.71. The average Bonchev–Trinajstić information content (AvgIpc) is 3.51. The van der Waals surface area contributed by atoms with E-state index in [-0.39, 0.29) is 34.5 Å². The van der Waals surface area contributed by atoms with Gasteiger partial charge in [-0.2, -0.15) is 0 Å². The second-order valence-corrected chi connectivity index (χ2v) is 10.0. The van der Waals surface area contributed by atoms with Crippen molar-refractivity contribution in [3.8, 4) is 17.4 Å². The highest BCUT2D eigenvalue weighted by Crippen LogP contribution is 2.32. The lowest BCUT2D eigenvalue weighted by molar-refractivity contribution is 0.0954. The summed E-state index contributed by atoms with van der Waals surface area (Å²) in [6.45, 7) is 2.53. The Morgan fingerprint density at radius 2 is 2.03 bits per heavy atom. The van der Waals surface area contributed by atoms with Crippen molar-refractivity contribution in [1.29, 1.82) is 0 Å². The zero-order valence-corrected chi connectivity index (χ0v) is 22.8. The summed E-state index contributed by atoms with van der Waals surface area (Å²) in [4.78, 5) is 30.7. The number of hydrogen-bond acceptors (Lipinski definition) is 6. The summed E-state index contributed by atoms with van der Waals surface area (Å²) in [7, 11) is 0. The first-order valence-electron chi connectivity index (χ1n) is 10.9. The molecule has 1 aromatic carbocycles. The van der Waals surface area contributed by atoms with Crippen molar-refractivity contribution in [2.45, 2.75) is 19.8 Å². The van der Waals surface area contributed by atoms with E-state index in [1.165, 1.54) is 28.2 Å². The summed E-state index contributed by atoms with van der Waals surface area (Å²) < 4.78 is 7.54. The van der Waals surface area contributed by atoms with Crippen LogP contribution in [0, 0.1) is 0 Å². The number of nitrogens with one attached hydrogen (secondary N) is 2. The Morgan fingerprint density at radius 3 is 2.75 bits per heavy atom. The van der Waals surface area contributed by atoms with Crippen LogP contribution in [0.2, 0.25) is 10.0 Å². The number of aromatic nitrogens is 3. The number of thiophene rings is 1. The third kappa shape index (κ3) is 6.07. The molecule has 0 atom stereocenters. The van der Waals surface area contributed by atoms with Crippen LogP contribution >= 0.6 is 50.5 Å². The van der Waals surface area contributed by atoms with Crippen LogP contribution in [0.1, 0.15) is 40.6 Å². The number of amides is 2. The highest BCUT2D eigenvalue weighted by molar-refractivity contribution is 9.10. The molecule has 3 aromatic heterocycles. The molecule has 0 saturated heterocycles. The molecule has 4 aromatic rings. The number of halogens is 3. The van der Waals surface area contributed by atoms with Crippen LogP contribution in [0.3, 0.4) is 0 Å². The van der Waals surface area contributed by atoms with E-state index in [4.69, 9.17) is 27.9 Å². The highest BCUT2D eigenvalue weighted by atomic mass is 79.9. The Kier molecular flexibility index (Phi) is 8.63. The quantitative estimate of drug-likeness (QED) is 0.200. The molecule has 8 nitrogen and oxygen atoms in total. The van der Waals surface area contributed by atoms with Crippen molar-refractivity contribution < 1.29 is 14.3 Å². The fraction of sp³-hybridized carbons (Fsp3) is 0.167. The fourth-order valence-corrected chi connectivity index (χ4v) is 4.89. The molecule has 0 fully saturated rings. The molecule has 0 aliphatic carbocycles. The van der Waals surface area contributed by atoms with Gasteiger partial charge in [-0.25, -0.2) is 9.67 Å². The smallest absolute Gasteiger partial charge is 0.274 e. The molecule has 0 saturated carbocycles. The predicted molar refractivity (Wildman–Crippen MR) is 145 cm³/mol. The van der Waals surface area contributed by atoms with E-state index in [1.807, 2.05) is 12.3 Å². The summed E-state index contributed by atoms with van der Waals surface area (Å²) in [5.74, 6) is 0.0834. The summed E-state index contributed by atoms with van der Waals surface area (Å²) in [6, 6.07) is 9.67. The number of carbonyl (C=O) groups excluding carboxylic acids is 2. The normalized spacial score (nSPS) is 10.8. The maximum Gasteiger partial charge on any atom is 0.274 e. The Hall–Kier alpha value is -2.92. The highest BCUT2D eigenvalue weighted by Gasteiger charge is 2.24. The zero-order chi connectivity index (χ0) is 25.7. The molecule has 0 aliphatic heterocycles. The minimum atomic E-state index is -0.560. The topological polar surface area (TPSA) is 98.1 Å². The molecule has 0 aliphatic rings. The molecule has 0 bridgehead atoms. The lowest BCUT2D eigenvalue weighted by atomic mass is 10.1. The predicted octanol–water partition coefficient (Wildman–Crippen LogP) is 6.97. The van der Waals surface area contributed by atoms with Gasteiger partial charge in [0.15, 0.2) is 5.82 Å². The number of hydrogen-bond donors (Lipinski definition) is 2. The van der Waals surface area contributed by atoms with Gasteiger partial charge in [0.05, 0.1) is 16.3 Å². The number of nitrogens with zero attached hydrogens (tertiary/aromatic N) is 3. The third-order valence-electron chi connectivity index (χ3n) is 4.93. The number of unbranched alkanes of at least 4 members (excludes halogenated alkanes) is 1. The lowest BCUT2D eigenvalue weighted by Gasteiger charge is -2.14. The Labute approximate surface area is 229 Å². The summed E-state index contributed by atoms with van der Waals surface area (Å²) in [5, 5.41) is 14.4. The first kappa shape index (κ1) is 26.2. The van der Waals surface area contributed by atoms with Gasteiger partial charge in [-0.05, 0) is 58.1 Å². The molecule has 0 spiro atoms. The molecular formula is C24H20BrCl2N5O3S. The first-order chi connectivity index (χ1) is 17.4. The van der Waals surface area contributed by atoms with Crippen molar-refractivity contribution in [3.63, 3.8) is 0 Å². The van der Waals surface area contributed by atoms with E-state index in [1.54, 1.807) is 35.8 Å². The Morgan fingerprint density at radius 1 is 1.19 bits per heavy atom. The number of rotatable bonds is 9. The molecule has 2 N–H and O–H groups in total. The fourth-order valence-electron chi connectivity index (χ4n) is 3.23. The molecule has 12 heteroatoms. The van der Waals surface area contributed by atoms with Crippen LogP contribution in [0.4, 0.5) is 5.69 Å². The van der Waals surface area contributed by atoms with Crippen LogP contribution < -0.4 is 15.4 Å². The van der Waals surface area contributed by atoms with Crippen molar-refractivity contribution in [2.24, 2.45) is 0 Å². The number of carbonyl (C=O) groups is 2. The molecule has 3 heterocycles. The number of ether oxygens (including phenoxy) is 1. The van der Waals surface area contributed by atoms with E-state index in [2.05, 4.69) is 36.6 Å². The van der Waals surface area contributed by atoms with Gasteiger partial charge in [-0.1, -0.05) is 36.5 Å². The minimum absolute atomic E-state index is 0.0972. The van der Waals surface area contributed by atoms with Crippen LogP contribution in [0.15, 0.2) is 57.8 Å². The molecule has 0 radical (unpaired) electrons. The molecule has 2 amide bonds. The van der Waals surface area contributed by atoms with Gasteiger partial charge in [-0.15, -0.1) is 16.4 Å². The summed E-state index contributed by atoms with van der Waals surface area (Å²) >= 11 is 17.4. The molecular weight excluding hydrogens is 589 g/mol. The molecule has 4 rings (SSSR count). The van der Waals surface area contributed by atoms with Crippen LogP contribution in [-0.4, -0.2) is 33.1 Å². The molecule has 186 valence electrons. The Bertz CT molecular complexity index is 1390. The third-order valence-corrected chi connectivity index (χ3v) is 6.73. The van der Waals surface area contributed by atoms with Crippen molar-refractivity contribution in [3.05, 3.63) is 79.1 Å². The second-order valence-electron chi connectivity index (χ2n) is 7.52. The molecule has 36 heavy (non-hydrogen) atoms. The van der Waals surface area contributed by atoms with Crippen LogP contribution in [-0.2, 0) is 0 Å². The van der Waals surface area contributed by atoms with Crippen molar-refractivity contribution in [1.82, 2.24) is 20.1 Å². The van der Waals surface area contributed by atoms with Gasteiger partial charge in [-0.3, -0.25) is 9.59 Å². The van der Waals surface area contributed by atoms with E-state index in [9.17, 15) is 9.59 Å². The average molecular weight is 609 g/mol. The summed E-state index contributed by atoms with van der Waals surface area (Å²) in [5.41, 5.74) is 0.578. The first-order valence-corrected chi connectivity index (χ1v) is 13.4. The van der Waals surface area contributed by atoms with Gasteiger partial charge in [0.2, 0.25) is 5.88 Å².